The van der Waals surface area contributed by atoms with Crippen molar-refractivity contribution in [3.05, 3.63) is 0 Å². The summed E-state index contributed by atoms with van der Waals surface area (Å²) >= 11 is 0. The number of carboxylic acid groups (broad SMARTS) is 1. The predicted octanol–water partition coefficient (Wildman–Crippen LogP) is 0.364. The van der Waals surface area contributed by atoms with E-state index in [-0.39, 0.29) is 0 Å². The van der Waals surface area contributed by atoms with Crippen molar-refractivity contribution in [2.75, 3.05) is 0 Å². The topological polar surface area (TPSA) is 49.3 Å². The second kappa shape index (κ2) is 1.61. The number of hydrogen-bond acceptors (Lipinski definition) is 1. The first-order valence-corrected chi connectivity index (χ1v) is 2.33. The van der Waals surface area contributed by atoms with E-state index in [0.717, 1.165) is 0 Å². The Morgan fingerprint density at radius 1 is 1.88 bits per heavy atom. The first-order valence-electron chi connectivity index (χ1n) is 2.33. The Labute approximate surface area is 45.5 Å². The van der Waals surface area contributed by atoms with E-state index < -0.39 is 18.3 Å². The van der Waals surface area contributed by atoms with Crippen LogP contribution in [0.15, 0.2) is 0 Å². The number of hydrogen-bond donors (Lipinski definition) is 2. The molecular formula is C4H6FNO2. The van der Waals surface area contributed by atoms with E-state index in [1.165, 1.54) is 0 Å². The van der Waals surface area contributed by atoms with Crippen LogP contribution >= 0.6 is 0 Å². The molecule has 1 saturated carbocycles. The highest BCUT2D eigenvalue weighted by Crippen LogP contribution is 2.24. The minimum atomic E-state index is -1.14. The third kappa shape index (κ3) is 1.08. The van der Waals surface area contributed by atoms with Crippen LogP contribution in [0.25, 0.3) is 0 Å². The van der Waals surface area contributed by atoms with Crippen LogP contribution in [0.1, 0.15) is 6.42 Å². The summed E-state index contributed by atoms with van der Waals surface area (Å²) in [6.07, 6.45) is -1.74. The maximum atomic E-state index is 11.8. The van der Waals surface area contributed by atoms with E-state index in [9.17, 15) is 9.18 Å². The smallest absolute Gasteiger partial charge is 0.404 e. The summed E-state index contributed by atoms with van der Waals surface area (Å²) in [5.74, 6) is 0. The minimum absolute atomic E-state index is 0.340. The Hall–Kier alpha value is -0.800. The average molecular weight is 119 g/mol. The Morgan fingerprint density at radius 3 is 2.50 bits per heavy atom. The molecule has 1 aliphatic rings. The molecule has 1 aliphatic carbocycles. The zero-order chi connectivity index (χ0) is 6.15. The lowest BCUT2D eigenvalue weighted by Gasteiger charge is -1.91. The van der Waals surface area contributed by atoms with Gasteiger partial charge < -0.3 is 10.4 Å². The van der Waals surface area contributed by atoms with Gasteiger partial charge in [-0.25, -0.2) is 9.18 Å². The summed E-state index contributed by atoms with van der Waals surface area (Å²) in [6.45, 7) is 0. The molecule has 0 spiro atoms. The summed E-state index contributed by atoms with van der Waals surface area (Å²) in [5, 5.41) is 9.97. The van der Waals surface area contributed by atoms with Crippen LogP contribution in [0.5, 0.6) is 0 Å². The van der Waals surface area contributed by atoms with Crippen molar-refractivity contribution < 1.29 is 14.3 Å². The Bertz CT molecular complexity index is 117. The van der Waals surface area contributed by atoms with Crippen LogP contribution < -0.4 is 5.32 Å². The molecule has 0 aromatic heterocycles. The van der Waals surface area contributed by atoms with Gasteiger partial charge in [0.2, 0.25) is 0 Å². The number of rotatable bonds is 1. The molecule has 46 valence electrons. The Kier molecular flexibility index (Phi) is 1.08. The highest BCUT2D eigenvalue weighted by molar-refractivity contribution is 5.65. The SMILES string of the molecule is O=C(O)NC1CC1F. The summed E-state index contributed by atoms with van der Waals surface area (Å²) in [6, 6.07) is -0.424. The molecule has 2 atom stereocenters. The molecule has 1 fully saturated rings. The van der Waals surface area contributed by atoms with Gasteiger partial charge in [0.05, 0.1) is 6.04 Å². The maximum absolute atomic E-state index is 11.8. The van der Waals surface area contributed by atoms with Crippen LogP contribution in [0.4, 0.5) is 9.18 Å². The van der Waals surface area contributed by atoms with E-state index in [0.29, 0.717) is 6.42 Å². The van der Waals surface area contributed by atoms with Crippen LogP contribution in [0, 0.1) is 0 Å². The van der Waals surface area contributed by atoms with Crippen molar-refractivity contribution in [2.45, 2.75) is 18.6 Å². The monoisotopic (exact) mass is 119 g/mol. The van der Waals surface area contributed by atoms with E-state index in [2.05, 4.69) is 0 Å². The van der Waals surface area contributed by atoms with Crippen molar-refractivity contribution in [3.63, 3.8) is 0 Å². The molecule has 4 heteroatoms. The number of halogens is 1. The van der Waals surface area contributed by atoms with E-state index in [1.54, 1.807) is 0 Å². The molecule has 0 aromatic rings. The molecule has 3 nitrogen and oxygen atoms in total. The van der Waals surface area contributed by atoms with Gasteiger partial charge in [-0.3, -0.25) is 0 Å². The van der Waals surface area contributed by atoms with Crippen LogP contribution in [0.2, 0.25) is 0 Å². The molecule has 8 heavy (non-hydrogen) atoms. The third-order valence-electron chi connectivity index (χ3n) is 1.02. The second-order valence-electron chi connectivity index (χ2n) is 1.81. The average Bonchev–Trinajstić information content (AvgIpc) is 2.17. The van der Waals surface area contributed by atoms with Gasteiger partial charge in [0.1, 0.15) is 6.17 Å². The summed E-state index contributed by atoms with van der Waals surface area (Å²) in [4.78, 5) is 9.72. The maximum Gasteiger partial charge on any atom is 0.404 e. The van der Waals surface area contributed by atoms with Crippen molar-refractivity contribution in [1.82, 2.24) is 5.32 Å². The zero-order valence-corrected chi connectivity index (χ0v) is 4.10. The van der Waals surface area contributed by atoms with Crippen molar-refractivity contribution in [3.8, 4) is 0 Å². The Balaban J connectivity index is 2.14. The fraction of sp³-hybridized carbons (Fsp3) is 0.750. The van der Waals surface area contributed by atoms with Crippen LogP contribution in [-0.2, 0) is 0 Å². The quantitative estimate of drug-likeness (QED) is 0.523. The largest absolute Gasteiger partial charge is 0.465 e. The molecule has 1 rings (SSSR count). The number of amides is 1. The van der Waals surface area contributed by atoms with Crippen molar-refractivity contribution >= 4 is 6.09 Å². The molecule has 1 amide bonds. The van der Waals surface area contributed by atoms with Gasteiger partial charge in [-0.1, -0.05) is 0 Å². The van der Waals surface area contributed by atoms with Gasteiger partial charge in [0, 0.05) is 6.42 Å². The number of carbonyl (C=O) groups is 1. The lowest BCUT2D eigenvalue weighted by Crippen LogP contribution is -2.24. The lowest BCUT2D eigenvalue weighted by atomic mass is 10.7. The Morgan fingerprint density at radius 2 is 2.38 bits per heavy atom. The molecular weight excluding hydrogens is 113 g/mol. The number of nitrogens with one attached hydrogen (secondary N) is 1. The minimum Gasteiger partial charge on any atom is -0.465 e. The van der Waals surface area contributed by atoms with Gasteiger partial charge >= 0.3 is 6.09 Å². The summed E-state index contributed by atoms with van der Waals surface area (Å²) in [7, 11) is 0. The molecule has 0 saturated heterocycles. The standard InChI is InChI=1S/C4H6FNO2/c5-2-1-3(2)6-4(7)8/h2-3,6H,1H2,(H,7,8). The molecule has 0 bridgehead atoms. The molecule has 2 N–H and O–H groups in total. The first kappa shape index (κ1) is 5.34. The van der Waals surface area contributed by atoms with Crippen LogP contribution in [0.3, 0.4) is 0 Å². The summed E-state index contributed by atoms with van der Waals surface area (Å²) < 4.78 is 11.8. The fourth-order valence-electron chi connectivity index (χ4n) is 0.472. The second-order valence-corrected chi connectivity index (χ2v) is 1.81. The number of alkyl halides is 1. The van der Waals surface area contributed by atoms with E-state index >= 15 is 0 Å². The molecule has 0 heterocycles. The van der Waals surface area contributed by atoms with Gasteiger partial charge in [-0.05, 0) is 0 Å². The fourth-order valence-corrected chi connectivity index (χ4v) is 0.472. The normalized spacial score (nSPS) is 34.1. The molecule has 0 radical (unpaired) electrons. The zero-order valence-electron chi connectivity index (χ0n) is 4.10. The summed E-state index contributed by atoms with van der Waals surface area (Å²) in [5.41, 5.74) is 0. The van der Waals surface area contributed by atoms with E-state index in [4.69, 9.17) is 5.11 Å². The van der Waals surface area contributed by atoms with Crippen molar-refractivity contribution in [2.24, 2.45) is 0 Å². The molecule has 2 unspecified atom stereocenters. The predicted molar refractivity (Wildman–Crippen MR) is 24.5 cm³/mol. The molecule has 0 aliphatic heterocycles. The van der Waals surface area contributed by atoms with Gasteiger partial charge in [-0.15, -0.1) is 0 Å². The third-order valence-corrected chi connectivity index (χ3v) is 1.02. The lowest BCUT2D eigenvalue weighted by molar-refractivity contribution is 0.192. The highest BCUT2D eigenvalue weighted by Gasteiger charge is 2.38. The van der Waals surface area contributed by atoms with Gasteiger partial charge in [0.25, 0.3) is 0 Å². The van der Waals surface area contributed by atoms with Gasteiger partial charge in [-0.2, -0.15) is 0 Å². The first-order chi connectivity index (χ1) is 3.70. The van der Waals surface area contributed by atoms with E-state index in [1.807, 2.05) is 5.32 Å². The highest BCUT2D eigenvalue weighted by atomic mass is 19.1. The molecule has 0 aromatic carbocycles. The van der Waals surface area contributed by atoms with Gasteiger partial charge in [0.15, 0.2) is 0 Å². The van der Waals surface area contributed by atoms with Crippen molar-refractivity contribution in [1.29, 1.82) is 0 Å². The van der Waals surface area contributed by atoms with Crippen LogP contribution in [-0.4, -0.2) is 23.4 Å².